The molecule has 188 valence electrons. The fourth-order valence-corrected chi connectivity index (χ4v) is 4.79. The van der Waals surface area contributed by atoms with E-state index >= 15 is 0 Å². The number of hydrogen-bond acceptors (Lipinski definition) is 5. The van der Waals surface area contributed by atoms with Crippen LogP contribution in [0.5, 0.6) is 0 Å². The standard InChI is InChI=1S/C26H25ClFN3O4S/c27-20-14-18(10-11-21(20)28)31(23(32)16-30-25(33)22-9-5-13-36-22)24(17-6-2-1-3-7-17)26(34)29-15-19-8-4-12-35-19/h1-3,5-7,9-11,13-14,19,24H,4,8,12,15-16H2,(H,29,34)(H,30,33)/t19-,24+/m1/s1. The highest BCUT2D eigenvalue weighted by molar-refractivity contribution is 7.12. The normalized spacial score (nSPS) is 15.8. The third kappa shape index (κ3) is 6.29. The van der Waals surface area contributed by atoms with Gasteiger partial charge in [-0.05, 0) is 48.1 Å². The number of carbonyl (C=O) groups is 3. The van der Waals surface area contributed by atoms with E-state index in [0.717, 1.165) is 18.9 Å². The quantitative estimate of drug-likeness (QED) is 0.431. The Hall–Kier alpha value is -3.27. The van der Waals surface area contributed by atoms with Crippen molar-refractivity contribution < 1.29 is 23.5 Å². The lowest BCUT2D eigenvalue weighted by Gasteiger charge is -2.32. The molecule has 0 aliphatic carbocycles. The van der Waals surface area contributed by atoms with Crippen molar-refractivity contribution in [3.63, 3.8) is 0 Å². The molecule has 1 saturated heterocycles. The van der Waals surface area contributed by atoms with Crippen molar-refractivity contribution in [3.8, 4) is 0 Å². The van der Waals surface area contributed by atoms with Gasteiger partial charge in [0, 0.05) is 18.8 Å². The lowest BCUT2D eigenvalue weighted by molar-refractivity contribution is -0.126. The number of thiophene rings is 1. The first kappa shape index (κ1) is 25.8. The maximum absolute atomic E-state index is 14.0. The van der Waals surface area contributed by atoms with E-state index < -0.39 is 29.6 Å². The smallest absolute Gasteiger partial charge is 0.261 e. The molecule has 1 fully saturated rings. The van der Waals surface area contributed by atoms with E-state index in [4.69, 9.17) is 16.3 Å². The Balaban J connectivity index is 1.65. The predicted octanol–water partition coefficient (Wildman–Crippen LogP) is 4.34. The van der Waals surface area contributed by atoms with Crippen LogP contribution >= 0.6 is 22.9 Å². The number of nitrogens with zero attached hydrogens (tertiary/aromatic N) is 1. The molecule has 4 rings (SSSR count). The fraction of sp³-hybridized carbons (Fsp3) is 0.269. The summed E-state index contributed by atoms with van der Waals surface area (Å²) < 4.78 is 19.6. The molecule has 1 aliphatic rings. The van der Waals surface area contributed by atoms with Crippen LogP contribution < -0.4 is 15.5 Å². The van der Waals surface area contributed by atoms with Gasteiger partial charge in [-0.3, -0.25) is 19.3 Å². The van der Waals surface area contributed by atoms with Crippen molar-refractivity contribution in [2.75, 3.05) is 24.6 Å². The van der Waals surface area contributed by atoms with Crippen LogP contribution in [0.3, 0.4) is 0 Å². The molecule has 0 bridgehead atoms. The molecular formula is C26H25ClFN3O4S. The first-order chi connectivity index (χ1) is 17.4. The summed E-state index contributed by atoms with van der Waals surface area (Å²) in [6.45, 7) is 0.558. The number of halogens is 2. The molecule has 1 aromatic heterocycles. The molecule has 3 aromatic rings. The molecule has 0 saturated carbocycles. The minimum Gasteiger partial charge on any atom is -0.376 e. The molecule has 0 radical (unpaired) electrons. The Bertz CT molecular complexity index is 1200. The van der Waals surface area contributed by atoms with Crippen LogP contribution in [0.1, 0.15) is 34.1 Å². The van der Waals surface area contributed by atoms with Crippen LogP contribution in [0.25, 0.3) is 0 Å². The second-order valence-electron chi connectivity index (χ2n) is 8.22. The number of benzene rings is 2. The summed E-state index contributed by atoms with van der Waals surface area (Å²) in [6, 6.07) is 14.9. The fourth-order valence-electron chi connectivity index (χ4n) is 3.98. The van der Waals surface area contributed by atoms with Gasteiger partial charge in [0.2, 0.25) is 11.8 Å². The molecule has 2 aromatic carbocycles. The topological polar surface area (TPSA) is 87.7 Å². The lowest BCUT2D eigenvalue weighted by atomic mass is 10.0. The maximum atomic E-state index is 14.0. The first-order valence-electron chi connectivity index (χ1n) is 11.5. The minimum absolute atomic E-state index is 0.0973. The molecule has 0 unspecified atom stereocenters. The number of rotatable bonds is 9. The van der Waals surface area contributed by atoms with Gasteiger partial charge in [-0.1, -0.05) is 48.0 Å². The minimum atomic E-state index is -1.10. The number of hydrogen-bond donors (Lipinski definition) is 2. The van der Waals surface area contributed by atoms with E-state index in [9.17, 15) is 18.8 Å². The molecule has 3 amide bonds. The average Bonchev–Trinajstić information content (AvgIpc) is 3.61. The van der Waals surface area contributed by atoms with Gasteiger partial charge in [0.05, 0.1) is 22.5 Å². The molecule has 0 spiro atoms. The van der Waals surface area contributed by atoms with Crippen LogP contribution in [0.4, 0.5) is 10.1 Å². The van der Waals surface area contributed by atoms with Crippen LogP contribution in [0.15, 0.2) is 66.0 Å². The molecule has 1 aliphatic heterocycles. The zero-order chi connectivity index (χ0) is 25.5. The first-order valence-corrected chi connectivity index (χ1v) is 12.7. The number of ether oxygens (including phenoxy) is 1. The summed E-state index contributed by atoms with van der Waals surface area (Å²) in [6.07, 6.45) is 1.66. The summed E-state index contributed by atoms with van der Waals surface area (Å²) in [4.78, 5) is 41.3. The molecule has 2 N–H and O–H groups in total. The second-order valence-corrected chi connectivity index (χ2v) is 9.57. The molecule has 36 heavy (non-hydrogen) atoms. The highest BCUT2D eigenvalue weighted by Gasteiger charge is 2.33. The van der Waals surface area contributed by atoms with Crippen LogP contribution in [-0.4, -0.2) is 43.5 Å². The number of amides is 3. The highest BCUT2D eigenvalue weighted by atomic mass is 35.5. The van der Waals surface area contributed by atoms with Crippen molar-refractivity contribution in [1.29, 1.82) is 0 Å². The highest BCUT2D eigenvalue weighted by Crippen LogP contribution is 2.31. The SMILES string of the molecule is O=C(NCC(=O)N(c1ccc(F)c(Cl)c1)[C@H](C(=O)NC[C@H]1CCCO1)c1ccccc1)c1cccs1. The lowest BCUT2D eigenvalue weighted by Crippen LogP contribution is -2.48. The van der Waals surface area contributed by atoms with Gasteiger partial charge >= 0.3 is 0 Å². The molecular weight excluding hydrogens is 505 g/mol. The van der Waals surface area contributed by atoms with Gasteiger partial charge in [0.15, 0.2) is 0 Å². The Morgan fingerprint density at radius 2 is 1.92 bits per heavy atom. The molecule has 7 nitrogen and oxygen atoms in total. The number of nitrogens with one attached hydrogen (secondary N) is 2. The Morgan fingerprint density at radius 1 is 1.11 bits per heavy atom. The van der Waals surface area contributed by atoms with Crippen molar-refractivity contribution in [1.82, 2.24) is 10.6 Å². The van der Waals surface area contributed by atoms with Gasteiger partial charge in [0.25, 0.3) is 5.91 Å². The van der Waals surface area contributed by atoms with Gasteiger partial charge in [-0.25, -0.2) is 4.39 Å². The number of carbonyl (C=O) groups excluding carboxylic acids is 3. The van der Waals surface area contributed by atoms with Crippen molar-refractivity contribution in [2.24, 2.45) is 0 Å². The molecule has 2 atom stereocenters. The van der Waals surface area contributed by atoms with Gasteiger partial charge in [-0.2, -0.15) is 0 Å². The Kier molecular flexibility index (Phi) is 8.69. The van der Waals surface area contributed by atoms with Gasteiger partial charge in [-0.15, -0.1) is 11.3 Å². The summed E-state index contributed by atoms with van der Waals surface area (Å²) in [5.41, 5.74) is 0.763. The monoisotopic (exact) mass is 529 g/mol. The van der Waals surface area contributed by atoms with Gasteiger partial charge < -0.3 is 15.4 Å². The summed E-state index contributed by atoms with van der Waals surface area (Å²) in [5.74, 6) is -2.06. The largest absolute Gasteiger partial charge is 0.376 e. The summed E-state index contributed by atoms with van der Waals surface area (Å²) in [5, 5.41) is 7.06. The van der Waals surface area contributed by atoms with Crippen molar-refractivity contribution in [2.45, 2.75) is 25.0 Å². The Morgan fingerprint density at radius 3 is 2.58 bits per heavy atom. The summed E-state index contributed by atoms with van der Waals surface area (Å²) in [7, 11) is 0. The zero-order valence-electron chi connectivity index (χ0n) is 19.3. The molecule has 10 heteroatoms. The van der Waals surface area contributed by atoms with Gasteiger partial charge in [0.1, 0.15) is 11.9 Å². The van der Waals surface area contributed by atoms with E-state index in [0.29, 0.717) is 23.6 Å². The Labute approximate surface area is 217 Å². The predicted molar refractivity (Wildman–Crippen MR) is 137 cm³/mol. The van der Waals surface area contributed by atoms with E-state index in [1.165, 1.54) is 28.4 Å². The summed E-state index contributed by atoms with van der Waals surface area (Å²) >= 11 is 7.28. The van der Waals surface area contributed by atoms with E-state index in [-0.39, 0.29) is 23.4 Å². The maximum Gasteiger partial charge on any atom is 0.261 e. The van der Waals surface area contributed by atoms with E-state index in [2.05, 4.69) is 10.6 Å². The van der Waals surface area contributed by atoms with Crippen molar-refractivity contribution >= 4 is 46.3 Å². The number of anilines is 1. The zero-order valence-corrected chi connectivity index (χ0v) is 20.9. The average molecular weight is 530 g/mol. The van der Waals surface area contributed by atoms with E-state index in [1.807, 2.05) is 0 Å². The van der Waals surface area contributed by atoms with Crippen molar-refractivity contribution in [3.05, 3.63) is 87.3 Å². The third-order valence-electron chi connectivity index (χ3n) is 5.74. The second kappa shape index (κ2) is 12.1. The third-order valence-corrected chi connectivity index (χ3v) is 6.90. The van der Waals surface area contributed by atoms with Crippen LogP contribution in [-0.2, 0) is 14.3 Å². The van der Waals surface area contributed by atoms with Crippen LogP contribution in [0.2, 0.25) is 5.02 Å². The molecule has 2 heterocycles. The van der Waals surface area contributed by atoms with E-state index in [1.54, 1.807) is 47.8 Å². The van der Waals surface area contributed by atoms with Crippen LogP contribution in [0, 0.1) is 5.82 Å².